The van der Waals surface area contributed by atoms with Crippen molar-refractivity contribution < 1.29 is 14.2 Å². The maximum absolute atomic E-state index is 13.5. The van der Waals surface area contributed by atoms with Crippen molar-refractivity contribution in [3.8, 4) is 11.1 Å². The van der Waals surface area contributed by atoms with Crippen molar-refractivity contribution >= 4 is 5.90 Å². The highest BCUT2D eigenvalue weighted by atomic mass is 19.1. The van der Waals surface area contributed by atoms with E-state index in [0.717, 1.165) is 22.3 Å². The molecule has 5 heteroatoms. The van der Waals surface area contributed by atoms with Crippen molar-refractivity contribution in [3.05, 3.63) is 89.7 Å². The average molecular weight is 362 g/mol. The number of alkyl halides is 1. The van der Waals surface area contributed by atoms with Crippen molar-refractivity contribution in [3.63, 3.8) is 0 Å². The lowest BCUT2D eigenvalue weighted by Crippen LogP contribution is -2.16. The van der Waals surface area contributed by atoms with E-state index >= 15 is 0 Å². The summed E-state index contributed by atoms with van der Waals surface area (Å²) in [5, 5.41) is 9.09. The number of rotatable bonds is 5. The second-order valence-corrected chi connectivity index (χ2v) is 6.38. The van der Waals surface area contributed by atoms with Crippen LogP contribution in [0.3, 0.4) is 0 Å². The van der Waals surface area contributed by atoms with Crippen LogP contribution in [0.2, 0.25) is 0 Å². The standard InChI is InChI=1S/C22H19FN2O2/c23-12-20-21(27-22(25-20)17-4-2-1-3-5-17)16-8-6-15(7-9-16)18-10-11-19(14-26)24-13-18/h1-11,13,20-21,26H,12,14H2. The molecule has 0 radical (unpaired) electrons. The lowest BCUT2D eigenvalue weighted by molar-refractivity contribution is 0.181. The van der Waals surface area contributed by atoms with E-state index in [9.17, 15) is 4.39 Å². The summed E-state index contributed by atoms with van der Waals surface area (Å²) in [6.07, 6.45) is 1.29. The van der Waals surface area contributed by atoms with E-state index in [2.05, 4.69) is 9.98 Å². The number of halogens is 1. The monoisotopic (exact) mass is 362 g/mol. The summed E-state index contributed by atoms with van der Waals surface area (Å²) in [6.45, 7) is -0.651. The fraction of sp³-hybridized carbons (Fsp3) is 0.182. The van der Waals surface area contributed by atoms with Gasteiger partial charge in [0.25, 0.3) is 0 Å². The minimum atomic E-state index is -0.574. The summed E-state index contributed by atoms with van der Waals surface area (Å²) < 4.78 is 19.5. The molecule has 0 bridgehead atoms. The van der Waals surface area contributed by atoms with E-state index in [1.807, 2.05) is 60.7 Å². The van der Waals surface area contributed by atoms with Gasteiger partial charge >= 0.3 is 0 Å². The van der Waals surface area contributed by atoms with Gasteiger partial charge in [0.2, 0.25) is 5.90 Å². The van der Waals surface area contributed by atoms with Crippen LogP contribution in [-0.4, -0.2) is 28.7 Å². The van der Waals surface area contributed by atoms with E-state index in [4.69, 9.17) is 9.84 Å². The first-order valence-corrected chi connectivity index (χ1v) is 8.80. The van der Waals surface area contributed by atoms with Gasteiger partial charge in [-0.25, -0.2) is 9.38 Å². The summed E-state index contributed by atoms with van der Waals surface area (Å²) in [7, 11) is 0. The van der Waals surface area contributed by atoms with E-state index in [0.29, 0.717) is 11.6 Å². The molecule has 3 aromatic rings. The third-order valence-electron chi connectivity index (χ3n) is 4.61. The molecule has 27 heavy (non-hydrogen) atoms. The molecule has 1 aromatic heterocycles. The summed E-state index contributed by atoms with van der Waals surface area (Å²) in [4.78, 5) is 8.62. The quantitative estimate of drug-likeness (QED) is 0.744. The molecule has 2 atom stereocenters. The fourth-order valence-electron chi connectivity index (χ4n) is 3.13. The first-order chi connectivity index (χ1) is 13.3. The Labute approximate surface area is 157 Å². The third kappa shape index (κ3) is 3.59. The molecule has 4 nitrogen and oxygen atoms in total. The number of hydrogen-bond acceptors (Lipinski definition) is 4. The average Bonchev–Trinajstić information content (AvgIpc) is 3.19. The van der Waals surface area contributed by atoms with Crippen LogP contribution < -0.4 is 0 Å². The number of aliphatic hydroxyl groups excluding tert-OH is 1. The molecule has 1 N–H and O–H groups in total. The van der Waals surface area contributed by atoms with Crippen LogP contribution in [0.5, 0.6) is 0 Å². The SMILES string of the molecule is OCc1ccc(-c2ccc(C3OC(c4ccccc4)=NC3CF)cc2)cn1. The number of aliphatic imine (C=N–C) groups is 1. The summed E-state index contributed by atoms with van der Waals surface area (Å²) >= 11 is 0. The van der Waals surface area contributed by atoms with E-state index in [1.165, 1.54) is 0 Å². The van der Waals surface area contributed by atoms with Crippen molar-refractivity contribution in [1.29, 1.82) is 0 Å². The first-order valence-electron chi connectivity index (χ1n) is 8.80. The predicted molar refractivity (Wildman–Crippen MR) is 102 cm³/mol. The molecule has 1 aliphatic rings. The van der Waals surface area contributed by atoms with Crippen LogP contribution in [0.15, 0.2) is 77.9 Å². The zero-order valence-electron chi connectivity index (χ0n) is 14.6. The number of hydrogen-bond donors (Lipinski definition) is 1. The molecule has 4 rings (SSSR count). The molecule has 2 aromatic carbocycles. The molecule has 1 aliphatic heterocycles. The number of pyridine rings is 1. The molecule has 0 saturated carbocycles. The minimum Gasteiger partial charge on any atom is -0.467 e. The fourth-order valence-corrected chi connectivity index (χ4v) is 3.13. The van der Waals surface area contributed by atoms with E-state index < -0.39 is 18.8 Å². The van der Waals surface area contributed by atoms with Crippen LogP contribution in [0, 0.1) is 0 Å². The van der Waals surface area contributed by atoms with Gasteiger partial charge in [-0.1, -0.05) is 48.5 Å². The van der Waals surface area contributed by atoms with Gasteiger partial charge in [-0.3, -0.25) is 4.98 Å². The Morgan fingerprint density at radius 2 is 1.63 bits per heavy atom. The molecule has 2 unspecified atom stereocenters. The number of aromatic nitrogens is 1. The van der Waals surface area contributed by atoms with Crippen LogP contribution in [0.1, 0.15) is 22.9 Å². The lowest BCUT2D eigenvalue weighted by Gasteiger charge is -2.16. The van der Waals surface area contributed by atoms with Crippen molar-refractivity contribution in [2.24, 2.45) is 4.99 Å². The summed E-state index contributed by atoms with van der Waals surface area (Å²) in [6, 6.07) is 20.5. The van der Waals surface area contributed by atoms with Gasteiger partial charge in [0.15, 0.2) is 6.10 Å². The Kier molecular flexibility index (Phi) is 4.94. The Morgan fingerprint density at radius 3 is 2.26 bits per heavy atom. The van der Waals surface area contributed by atoms with Gasteiger partial charge in [-0.2, -0.15) is 0 Å². The first kappa shape index (κ1) is 17.4. The Balaban J connectivity index is 1.55. The number of nitrogens with zero attached hydrogens (tertiary/aromatic N) is 2. The van der Waals surface area contributed by atoms with Gasteiger partial charge in [0, 0.05) is 17.3 Å². The van der Waals surface area contributed by atoms with Crippen LogP contribution in [0.4, 0.5) is 4.39 Å². The Morgan fingerprint density at radius 1 is 0.889 bits per heavy atom. The second-order valence-electron chi connectivity index (χ2n) is 6.38. The minimum absolute atomic E-state index is 0.0768. The van der Waals surface area contributed by atoms with Gasteiger partial charge in [-0.15, -0.1) is 0 Å². The van der Waals surface area contributed by atoms with Crippen molar-refractivity contribution in [2.45, 2.75) is 18.8 Å². The van der Waals surface area contributed by atoms with Crippen LogP contribution in [-0.2, 0) is 11.3 Å². The maximum Gasteiger partial charge on any atom is 0.217 e. The van der Waals surface area contributed by atoms with Gasteiger partial charge in [-0.05, 0) is 29.3 Å². The predicted octanol–water partition coefficient (Wildman–Crippen LogP) is 4.10. The van der Waals surface area contributed by atoms with Gasteiger partial charge in [0.05, 0.1) is 12.3 Å². The zero-order valence-corrected chi connectivity index (χ0v) is 14.6. The van der Waals surface area contributed by atoms with Crippen molar-refractivity contribution in [2.75, 3.05) is 6.67 Å². The molecule has 0 spiro atoms. The van der Waals surface area contributed by atoms with Gasteiger partial charge in [0.1, 0.15) is 12.7 Å². The third-order valence-corrected chi connectivity index (χ3v) is 4.61. The van der Waals surface area contributed by atoms with E-state index in [1.54, 1.807) is 12.3 Å². The molecule has 0 amide bonds. The molecule has 0 saturated heterocycles. The van der Waals surface area contributed by atoms with Gasteiger partial charge < -0.3 is 9.84 Å². The highest BCUT2D eigenvalue weighted by molar-refractivity contribution is 5.95. The number of ether oxygens (including phenoxy) is 1. The molecule has 2 heterocycles. The largest absolute Gasteiger partial charge is 0.467 e. The summed E-state index contributed by atoms with van der Waals surface area (Å²) in [5.41, 5.74) is 4.32. The lowest BCUT2D eigenvalue weighted by atomic mass is 10.00. The van der Waals surface area contributed by atoms with E-state index in [-0.39, 0.29) is 6.61 Å². The van der Waals surface area contributed by atoms with Crippen LogP contribution in [0.25, 0.3) is 11.1 Å². The Hall–Kier alpha value is -3.05. The summed E-state index contributed by atoms with van der Waals surface area (Å²) in [5.74, 6) is 0.483. The number of aliphatic hydroxyl groups is 1. The molecule has 136 valence electrons. The van der Waals surface area contributed by atoms with Crippen LogP contribution >= 0.6 is 0 Å². The van der Waals surface area contributed by atoms with Crippen molar-refractivity contribution in [1.82, 2.24) is 4.98 Å². The molecule has 0 aliphatic carbocycles. The zero-order chi connectivity index (χ0) is 18.6. The number of benzene rings is 2. The second kappa shape index (κ2) is 7.68. The highest BCUT2D eigenvalue weighted by Gasteiger charge is 2.32. The molecular weight excluding hydrogens is 343 g/mol. The maximum atomic E-state index is 13.5. The normalized spacial score (nSPS) is 18.8. The molecule has 0 fully saturated rings. The smallest absolute Gasteiger partial charge is 0.217 e. The Bertz CT molecular complexity index is 925. The topological polar surface area (TPSA) is 54.7 Å². The molecular formula is C22H19FN2O2. The highest BCUT2D eigenvalue weighted by Crippen LogP contribution is 2.32.